The summed E-state index contributed by atoms with van der Waals surface area (Å²) in [5.74, 6) is 0. The molecule has 0 aliphatic rings. The van der Waals surface area contributed by atoms with E-state index in [2.05, 4.69) is 18.8 Å². The molecule has 0 radical (unpaired) electrons. The van der Waals surface area contributed by atoms with Crippen molar-refractivity contribution in [3.63, 3.8) is 0 Å². The lowest BCUT2D eigenvalue weighted by molar-refractivity contribution is 0.480. The van der Waals surface area contributed by atoms with Gasteiger partial charge in [0, 0.05) is 7.11 Å². The Balaban J connectivity index is -0.000000276. The molecule has 150 valence electrons. The van der Waals surface area contributed by atoms with Gasteiger partial charge in [-0.2, -0.15) is 0 Å². The molecule has 0 heterocycles. The molecule has 0 rings (SSSR count). The normalized spacial score (nSPS) is 11.9. The molecule has 2 nitrogen and oxygen atoms in total. The lowest BCUT2D eigenvalue weighted by Gasteiger charge is -2.12. The van der Waals surface area contributed by atoms with E-state index in [1.807, 2.05) is 65.4 Å². The molecule has 0 amide bonds. The van der Waals surface area contributed by atoms with Gasteiger partial charge in [-0.25, -0.2) is 0 Å². The second kappa shape index (κ2) is 19.3. The topological polar surface area (TPSA) is 26.3 Å². The van der Waals surface area contributed by atoms with Crippen LogP contribution in [0.15, 0.2) is 0 Å². The van der Waals surface area contributed by atoms with E-state index in [9.17, 15) is 4.57 Å². The van der Waals surface area contributed by atoms with Gasteiger partial charge in [0.1, 0.15) is 3.64 Å². The monoisotopic (exact) mass is 580 g/mol. The third-order valence-corrected chi connectivity index (χ3v) is 43.6. The van der Waals surface area contributed by atoms with E-state index in [-0.39, 0.29) is 0 Å². The van der Waals surface area contributed by atoms with Gasteiger partial charge in [-0.1, -0.05) is 68.7 Å². The Bertz CT molecular complexity index is 317. The van der Waals surface area contributed by atoms with Gasteiger partial charge in [0.15, 0.2) is 4.67 Å². The molecule has 0 atom stereocenters. The third-order valence-electron chi connectivity index (χ3n) is 2.01. The summed E-state index contributed by atoms with van der Waals surface area (Å²) in [4.78, 5) is 0. The van der Waals surface area contributed by atoms with Crippen LogP contribution in [0, 0.1) is 0 Å². The van der Waals surface area contributed by atoms with Crippen LogP contribution in [0.25, 0.3) is 0 Å². The first-order valence-corrected chi connectivity index (χ1v) is 27.7. The zero-order valence-electron chi connectivity index (χ0n) is 15.2. The summed E-state index contributed by atoms with van der Waals surface area (Å²) >= 11 is 23.5. The van der Waals surface area contributed by atoms with Gasteiger partial charge in [-0.3, -0.25) is 4.57 Å². The first-order chi connectivity index (χ1) is 11.0. The maximum Gasteiger partial charge on any atom is 0.243 e. The molecule has 0 fully saturated rings. The highest BCUT2D eigenvalue weighted by Crippen LogP contribution is 2.76. The van der Waals surface area contributed by atoms with E-state index < -0.39 is 13.1 Å². The van der Waals surface area contributed by atoms with E-state index in [1.54, 1.807) is 29.9 Å². The lowest BCUT2D eigenvalue weighted by Crippen LogP contribution is -1.69. The Kier molecular flexibility index (Phi) is 26.4. The molecule has 0 saturated carbocycles. The van der Waals surface area contributed by atoms with Crippen molar-refractivity contribution in [1.82, 2.24) is 0 Å². The van der Waals surface area contributed by atoms with Gasteiger partial charge in [0.25, 0.3) is 0 Å². The molecule has 0 N–H and O–H groups in total. The van der Waals surface area contributed by atoms with Crippen molar-refractivity contribution in [2.45, 2.75) is 0 Å². The van der Waals surface area contributed by atoms with Crippen LogP contribution in [-0.2, 0) is 32.7 Å². The molecule has 0 aromatic carbocycles. The fraction of sp³-hybridized carbons (Fsp3) is 1.00. The van der Waals surface area contributed by atoms with Crippen molar-refractivity contribution in [2.75, 3.05) is 57.2 Å². The molecule has 0 saturated heterocycles. The van der Waals surface area contributed by atoms with Crippen molar-refractivity contribution in [2.24, 2.45) is 0 Å². The SMILES string of the molecule is COP(=S)(SC)SC.CSP(=O)(SC)SC.CSP(=S)(SC)SC. The Labute approximate surface area is 191 Å². The van der Waals surface area contributed by atoms with Gasteiger partial charge >= 0.3 is 0 Å². The predicted octanol–water partition coefficient (Wildman–Crippen LogP) is 9.07. The minimum Gasteiger partial charge on any atom is -0.337 e. The summed E-state index contributed by atoms with van der Waals surface area (Å²) in [5, 5.41) is 0. The second-order valence-electron chi connectivity index (χ2n) is 2.98. The van der Waals surface area contributed by atoms with E-state index >= 15 is 0 Å². The molecule has 0 aliphatic carbocycles. The van der Waals surface area contributed by atoms with Gasteiger partial charge in [-0.15, -0.1) is 34.1 Å². The summed E-state index contributed by atoms with van der Waals surface area (Å²) in [6, 6.07) is 0. The van der Waals surface area contributed by atoms with Crippen LogP contribution in [0.3, 0.4) is 0 Å². The van der Waals surface area contributed by atoms with E-state index in [4.69, 9.17) is 28.1 Å². The van der Waals surface area contributed by atoms with Crippen LogP contribution in [0.1, 0.15) is 0 Å². The number of rotatable bonds is 9. The molecule has 0 unspecified atom stereocenters. The van der Waals surface area contributed by atoms with Gasteiger partial charge < -0.3 is 4.52 Å². The molecule has 0 bridgehead atoms. The minimum atomic E-state index is -1.91. The highest BCUT2D eigenvalue weighted by atomic mass is 33.5. The average Bonchev–Trinajstić information content (AvgIpc) is 2.67. The molecule has 0 aromatic heterocycles. The average molecular weight is 581 g/mol. The number of hydrogen-bond acceptors (Lipinski definition) is 12. The molecular formula is C9H27O2P3S10. The zero-order chi connectivity index (χ0) is 19.9. The standard InChI is InChI=1S/2C3H9OPS3.C3H9PS4/c1-6-5(4,7-2)8-3;1-4-5(6,7-2)8-3;1-6-4(5,7-2)8-3/h3*1-3H3. The van der Waals surface area contributed by atoms with Crippen molar-refractivity contribution in [3.05, 3.63) is 0 Å². The lowest BCUT2D eigenvalue weighted by atomic mass is 11.8. The highest BCUT2D eigenvalue weighted by molar-refractivity contribution is 9.22. The second-order valence-corrected chi connectivity index (χ2v) is 41.9. The maximum atomic E-state index is 11.2. The smallest absolute Gasteiger partial charge is 0.243 e. The van der Waals surface area contributed by atoms with Crippen molar-refractivity contribution in [3.8, 4) is 0 Å². The van der Waals surface area contributed by atoms with E-state index in [0.717, 1.165) is 0 Å². The fourth-order valence-corrected chi connectivity index (χ4v) is 15.4. The summed E-state index contributed by atoms with van der Waals surface area (Å²) < 4.78 is 11.8. The molecule has 0 spiro atoms. The van der Waals surface area contributed by atoms with E-state index in [1.165, 1.54) is 34.1 Å². The Morgan fingerprint density at radius 1 is 0.625 bits per heavy atom. The van der Waals surface area contributed by atoms with Crippen molar-refractivity contribution in [1.29, 1.82) is 0 Å². The van der Waals surface area contributed by atoms with Crippen LogP contribution in [-0.4, -0.2) is 57.2 Å². The van der Waals surface area contributed by atoms with Crippen molar-refractivity contribution >= 4 is 128 Å². The molecule has 0 aliphatic heterocycles. The summed E-state index contributed by atoms with van der Waals surface area (Å²) in [7, 11) is 1.67. The summed E-state index contributed by atoms with van der Waals surface area (Å²) in [6.07, 6.45) is 15.9. The van der Waals surface area contributed by atoms with Crippen LogP contribution in [0.4, 0.5) is 0 Å². The first kappa shape index (κ1) is 32.9. The molecule has 15 heteroatoms. The minimum absolute atomic E-state index is 1.08. The molecular weight excluding hydrogens is 554 g/mol. The summed E-state index contributed by atoms with van der Waals surface area (Å²) in [6.45, 7) is 0. The van der Waals surface area contributed by atoms with E-state index in [0.29, 0.717) is 0 Å². The largest absolute Gasteiger partial charge is 0.337 e. The molecule has 0 aromatic rings. The molecule has 24 heavy (non-hydrogen) atoms. The predicted molar refractivity (Wildman–Crippen MR) is 151 cm³/mol. The maximum absolute atomic E-state index is 11.2. The Hall–Kier alpha value is 4.29. The van der Waals surface area contributed by atoms with Crippen LogP contribution < -0.4 is 0 Å². The number of hydrogen-bond donors (Lipinski definition) is 0. The highest BCUT2D eigenvalue weighted by Gasteiger charge is 2.15. The third kappa shape index (κ3) is 17.2. The Morgan fingerprint density at radius 2 is 0.917 bits per heavy atom. The first-order valence-electron chi connectivity index (χ1n) is 5.87. The zero-order valence-corrected chi connectivity index (χ0v) is 26.1. The van der Waals surface area contributed by atoms with Crippen LogP contribution >= 0.6 is 104 Å². The van der Waals surface area contributed by atoms with Crippen LogP contribution in [0.5, 0.6) is 0 Å². The fourth-order valence-electron chi connectivity index (χ4n) is 0.671. The Morgan fingerprint density at radius 3 is 0.917 bits per heavy atom. The van der Waals surface area contributed by atoms with Gasteiger partial charge in [0.2, 0.25) is 4.75 Å². The quantitative estimate of drug-likeness (QED) is 0.243. The summed E-state index contributed by atoms with van der Waals surface area (Å²) in [5.41, 5.74) is 0. The van der Waals surface area contributed by atoms with Crippen LogP contribution in [0.2, 0.25) is 0 Å². The van der Waals surface area contributed by atoms with Gasteiger partial charge in [-0.05, 0) is 61.9 Å². The van der Waals surface area contributed by atoms with Crippen molar-refractivity contribution < 1.29 is 9.09 Å². The van der Waals surface area contributed by atoms with Gasteiger partial charge in [0.05, 0.1) is 0 Å².